The number of hydrogen-bond acceptors (Lipinski definition) is 5. The summed E-state index contributed by atoms with van der Waals surface area (Å²) in [6.07, 6.45) is 4.86. The van der Waals surface area contributed by atoms with Crippen molar-refractivity contribution in [2.45, 2.75) is 13.3 Å². The summed E-state index contributed by atoms with van der Waals surface area (Å²) in [6, 6.07) is 5.54. The summed E-state index contributed by atoms with van der Waals surface area (Å²) in [5.74, 6) is -0.634. The molecule has 0 saturated heterocycles. The Labute approximate surface area is 135 Å². The van der Waals surface area contributed by atoms with Crippen LogP contribution in [-0.4, -0.2) is 43.9 Å². The van der Waals surface area contributed by atoms with Crippen LogP contribution in [0.25, 0.3) is 6.08 Å². The van der Waals surface area contributed by atoms with Crippen molar-refractivity contribution in [1.29, 1.82) is 0 Å². The summed E-state index contributed by atoms with van der Waals surface area (Å²) in [5, 5.41) is 11.2. The van der Waals surface area contributed by atoms with E-state index >= 15 is 0 Å². The number of hydroxylamine groups is 1. The molecular formula is C16H22N4O3. The standard InChI is InChI=1S/C16H22N4O3/c1-4-15(21)18-10-9-17-13-11-12(6-8-16(22)19-23)5-7-14(13)20(2)3/h5-9,11,23H,4,10H2,1-3H3,(H,18,21)(H,19,22)/b8-6+,17-9?. The van der Waals surface area contributed by atoms with E-state index < -0.39 is 5.91 Å². The van der Waals surface area contributed by atoms with Gasteiger partial charge < -0.3 is 10.2 Å². The number of anilines is 1. The zero-order valence-electron chi connectivity index (χ0n) is 13.5. The van der Waals surface area contributed by atoms with E-state index in [2.05, 4.69) is 10.3 Å². The van der Waals surface area contributed by atoms with Crippen molar-refractivity contribution in [1.82, 2.24) is 10.8 Å². The van der Waals surface area contributed by atoms with Crippen molar-refractivity contribution in [2.24, 2.45) is 4.99 Å². The summed E-state index contributed by atoms with van der Waals surface area (Å²) in [5.41, 5.74) is 3.93. The third-order valence-corrected chi connectivity index (χ3v) is 2.96. The Kier molecular flexibility index (Phi) is 7.49. The molecule has 7 heteroatoms. The number of carbonyl (C=O) groups excluding carboxylic acids is 2. The molecule has 0 spiro atoms. The molecule has 124 valence electrons. The fourth-order valence-electron chi connectivity index (χ4n) is 1.76. The largest absolute Gasteiger partial charge is 0.376 e. The van der Waals surface area contributed by atoms with Gasteiger partial charge in [0.25, 0.3) is 5.91 Å². The number of nitrogens with one attached hydrogen (secondary N) is 2. The average Bonchev–Trinajstić information content (AvgIpc) is 2.55. The van der Waals surface area contributed by atoms with E-state index in [1.54, 1.807) is 19.2 Å². The Balaban J connectivity index is 2.92. The second kappa shape index (κ2) is 9.37. The van der Waals surface area contributed by atoms with Gasteiger partial charge in [-0.1, -0.05) is 13.0 Å². The molecule has 1 rings (SSSR count). The van der Waals surface area contributed by atoms with E-state index in [1.807, 2.05) is 37.2 Å². The molecule has 1 aromatic rings. The number of nitrogens with zero attached hydrogens (tertiary/aromatic N) is 2. The number of aliphatic imine (C=N–C) groups is 1. The van der Waals surface area contributed by atoms with Crippen molar-refractivity contribution < 1.29 is 14.8 Å². The SMILES string of the molecule is CCC(=O)NCC=Nc1cc(/C=C/C(=O)NO)ccc1N(C)C. The highest BCUT2D eigenvalue weighted by molar-refractivity contribution is 5.91. The van der Waals surface area contributed by atoms with Gasteiger partial charge in [-0.25, -0.2) is 5.48 Å². The van der Waals surface area contributed by atoms with Crippen LogP contribution in [0.1, 0.15) is 18.9 Å². The predicted octanol–water partition coefficient (Wildman–Crippen LogP) is 1.50. The topological polar surface area (TPSA) is 94.0 Å². The maximum absolute atomic E-state index is 11.2. The Morgan fingerprint density at radius 3 is 2.70 bits per heavy atom. The number of rotatable bonds is 7. The Hall–Kier alpha value is -2.67. The molecule has 23 heavy (non-hydrogen) atoms. The van der Waals surface area contributed by atoms with Gasteiger partial charge in [0.15, 0.2) is 0 Å². The lowest BCUT2D eigenvalue weighted by molar-refractivity contribution is -0.124. The summed E-state index contributed by atoms with van der Waals surface area (Å²) >= 11 is 0. The normalized spacial score (nSPS) is 11.0. The molecule has 0 aromatic heterocycles. The fourth-order valence-corrected chi connectivity index (χ4v) is 1.76. The molecule has 7 nitrogen and oxygen atoms in total. The first kappa shape index (κ1) is 18.4. The fraction of sp³-hybridized carbons (Fsp3) is 0.312. The first-order valence-electron chi connectivity index (χ1n) is 7.20. The summed E-state index contributed by atoms with van der Waals surface area (Å²) < 4.78 is 0. The van der Waals surface area contributed by atoms with E-state index in [9.17, 15) is 9.59 Å². The van der Waals surface area contributed by atoms with Gasteiger partial charge >= 0.3 is 0 Å². The van der Waals surface area contributed by atoms with Gasteiger partial charge in [0.05, 0.1) is 17.9 Å². The molecule has 0 radical (unpaired) electrons. The smallest absolute Gasteiger partial charge is 0.267 e. The number of amides is 2. The zero-order valence-corrected chi connectivity index (χ0v) is 13.5. The van der Waals surface area contributed by atoms with Crippen molar-refractivity contribution in [3.05, 3.63) is 29.8 Å². The Morgan fingerprint density at radius 2 is 2.09 bits per heavy atom. The lowest BCUT2D eigenvalue weighted by atomic mass is 10.1. The van der Waals surface area contributed by atoms with Crippen LogP contribution in [0.15, 0.2) is 29.3 Å². The van der Waals surface area contributed by atoms with E-state index in [0.717, 1.165) is 11.3 Å². The van der Waals surface area contributed by atoms with Crippen LogP contribution in [0.3, 0.4) is 0 Å². The van der Waals surface area contributed by atoms with Gasteiger partial charge in [-0.3, -0.25) is 19.8 Å². The monoisotopic (exact) mass is 318 g/mol. The van der Waals surface area contributed by atoms with Crippen molar-refractivity contribution in [3.63, 3.8) is 0 Å². The number of benzene rings is 1. The minimum absolute atomic E-state index is 0.0315. The molecule has 0 aliphatic rings. The molecule has 0 saturated carbocycles. The van der Waals surface area contributed by atoms with Gasteiger partial charge in [0.2, 0.25) is 5.91 Å². The molecule has 1 aromatic carbocycles. The minimum Gasteiger partial charge on any atom is -0.376 e. The quantitative estimate of drug-likeness (QED) is 0.307. The molecule has 2 amide bonds. The van der Waals surface area contributed by atoms with Crippen molar-refractivity contribution >= 4 is 35.5 Å². The lowest BCUT2D eigenvalue weighted by Gasteiger charge is -2.15. The van der Waals surface area contributed by atoms with Crippen molar-refractivity contribution in [2.75, 3.05) is 25.5 Å². The maximum atomic E-state index is 11.2. The van der Waals surface area contributed by atoms with Crippen LogP contribution in [-0.2, 0) is 9.59 Å². The molecule has 0 heterocycles. The van der Waals surface area contributed by atoms with Crippen LogP contribution >= 0.6 is 0 Å². The molecule has 0 atom stereocenters. The first-order chi connectivity index (χ1) is 11.0. The Morgan fingerprint density at radius 1 is 1.35 bits per heavy atom. The van der Waals surface area contributed by atoms with Gasteiger partial charge in [-0.2, -0.15) is 0 Å². The van der Waals surface area contributed by atoms with E-state index in [-0.39, 0.29) is 5.91 Å². The van der Waals surface area contributed by atoms with Gasteiger partial charge in [-0.05, 0) is 23.8 Å². The zero-order chi connectivity index (χ0) is 17.2. The summed E-state index contributed by atoms with van der Waals surface area (Å²) in [7, 11) is 3.81. The lowest BCUT2D eigenvalue weighted by Crippen LogP contribution is -2.23. The molecule has 0 aliphatic heterocycles. The van der Waals surface area contributed by atoms with Crippen LogP contribution in [0.4, 0.5) is 11.4 Å². The molecule has 3 N–H and O–H groups in total. The highest BCUT2D eigenvalue weighted by atomic mass is 16.5. The molecule has 0 unspecified atom stereocenters. The second-order valence-electron chi connectivity index (χ2n) is 4.92. The van der Waals surface area contributed by atoms with E-state index in [0.29, 0.717) is 18.7 Å². The van der Waals surface area contributed by atoms with Crippen LogP contribution in [0.5, 0.6) is 0 Å². The van der Waals surface area contributed by atoms with Crippen LogP contribution in [0, 0.1) is 0 Å². The van der Waals surface area contributed by atoms with Crippen molar-refractivity contribution in [3.8, 4) is 0 Å². The van der Waals surface area contributed by atoms with Crippen LogP contribution in [0.2, 0.25) is 0 Å². The molecule has 0 aliphatic carbocycles. The first-order valence-corrected chi connectivity index (χ1v) is 7.20. The highest BCUT2D eigenvalue weighted by Gasteiger charge is 2.04. The Bertz CT molecular complexity index is 609. The second-order valence-corrected chi connectivity index (χ2v) is 4.92. The van der Waals surface area contributed by atoms with Gasteiger partial charge in [0, 0.05) is 32.8 Å². The highest BCUT2D eigenvalue weighted by Crippen LogP contribution is 2.28. The third-order valence-electron chi connectivity index (χ3n) is 2.96. The average molecular weight is 318 g/mol. The third kappa shape index (κ3) is 6.31. The molecule has 0 bridgehead atoms. The summed E-state index contributed by atoms with van der Waals surface area (Å²) in [6.45, 7) is 2.14. The molecular weight excluding hydrogens is 296 g/mol. The van der Waals surface area contributed by atoms with Gasteiger partial charge in [-0.15, -0.1) is 0 Å². The van der Waals surface area contributed by atoms with Gasteiger partial charge in [0.1, 0.15) is 0 Å². The summed E-state index contributed by atoms with van der Waals surface area (Å²) in [4.78, 5) is 28.5. The van der Waals surface area contributed by atoms with E-state index in [4.69, 9.17) is 5.21 Å². The minimum atomic E-state index is -0.603. The van der Waals surface area contributed by atoms with E-state index in [1.165, 1.54) is 11.6 Å². The maximum Gasteiger partial charge on any atom is 0.267 e. The van der Waals surface area contributed by atoms with Crippen LogP contribution < -0.4 is 15.7 Å². The number of carbonyl (C=O) groups is 2. The number of hydrogen-bond donors (Lipinski definition) is 3. The molecule has 0 fully saturated rings. The predicted molar refractivity (Wildman–Crippen MR) is 91.2 cm³/mol.